The molecule has 0 saturated heterocycles. The number of hydrogen-bond donors (Lipinski definition) is 0. The van der Waals surface area contributed by atoms with E-state index >= 15 is 0 Å². The van der Waals surface area contributed by atoms with E-state index in [1.54, 1.807) is 0 Å². The van der Waals surface area contributed by atoms with E-state index in [1.165, 1.54) is 124 Å². The zero-order valence-corrected chi connectivity index (χ0v) is 37.1. The molecular weight excluding hydrogens is 803 g/mol. The summed E-state index contributed by atoms with van der Waals surface area (Å²) in [6.45, 7) is 0. The van der Waals surface area contributed by atoms with Crippen LogP contribution < -0.4 is 4.90 Å². The van der Waals surface area contributed by atoms with Gasteiger partial charge in [-0.3, -0.25) is 0 Å². The Bertz CT molecular complexity index is 3470. The maximum atomic E-state index is 2.46. The third kappa shape index (κ3) is 6.04. The van der Waals surface area contributed by atoms with Gasteiger partial charge in [-0.05, 0) is 139 Å². The zero-order chi connectivity index (χ0) is 42.9. The maximum Gasteiger partial charge on any atom is 0.0491 e. The number of nitrogens with zero attached hydrogens (tertiary/aromatic N) is 1. The van der Waals surface area contributed by atoms with Gasteiger partial charge in [-0.15, -0.1) is 11.3 Å². The minimum Gasteiger partial charge on any atom is -0.311 e. The molecule has 0 spiro atoms. The normalized spacial score (nSPS) is 14.5. The summed E-state index contributed by atoms with van der Waals surface area (Å²) in [7, 11) is 0. The number of benzene rings is 10. The number of rotatable bonds is 7. The Morgan fingerprint density at radius 1 is 0.400 bits per heavy atom. The van der Waals surface area contributed by atoms with Crippen LogP contribution in [0.5, 0.6) is 0 Å². The summed E-state index contributed by atoms with van der Waals surface area (Å²) < 4.78 is 2.67. The van der Waals surface area contributed by atoms with E-state index in [0.29, 0.717) is 5.92 Å². The standard InChI is InChI=1S/C63H47NS/c1-2-17-46(18-3-1)63(58-26-11-8-21-54(58)55-22-9-12-27-59(55)63)47-33-39-50(40-34-47)64(48-35-29-42(30-36-48)53-24-14-25-57-56-23-10-13-28-60(56)65-62(53)57)49-37-31-43(32-38-49)61-51-19-6-4-15-44(51)41-45-16-5-7-20-52(45)61/h4-16,19-41,46H,1-3,17-18H2. The Kier molecular flexibility index (Phi) is 9.10. The highest BCUT2D eigenvalue weighted by Crippen LogP contribution is 2.59. The summed E-state index contributed by atoms with van der Waals surface area (Å²) in [5.41, 5.74) is 15.4. The molecule has 1 aromatic heterocycles. The van der Waals surface area contributed by atoms with Gasteiger partial charge in [0.1, 0.15) is 0 Å². The van der Waals surface area contributed by atoms with Gasteiger partial charge in [-0.2, -0.15) is 0 Å². The molecule has 0 radical (unpaired) electrons. The summed E-state index contributed by atoms with van der Waals surface area (Å²) in [5.74, 6) is 0.540. The van der Waals surface area contributed by atoms with E-state index in [2.05, 4.69) is 223 Å². The maximum absolute atomic E-state index is 2.46. The molecule has 1 heterocycles. The first-order chi connectivity index (χ1) is 32.2. The molecule has 0 bridgehead atoms. The smallest absolute Gasteiger partial charge is 0.0491 e. The van der Waals surface area contributed by atoms with Crippen LogP contribution in [0.25, 0.3) is 75.1 Å². The van der Waals surface area contributed by atoms with Crippen LogP contribution in [0, 0.1) is 5.92 Å². The molecular formula is C63H47NS. The van der Waals surface area contributed by atoms with Crippen molar-refractivity contribution in [2.75, 3.05) is 4.90 Å². The molecule has 11 aromatic rings. The van der Waals surface area contributed by atoms with Crippen molar-refractivity contribution in [1.82, 2.24) is 0 Å². The highest BCUT2D eigenvalue weighted by molar-refractivity contribution is 7.26. The molecule has 310 valence electrons. The predicted molar refractivity (Wildman–Crippen MR) is 278 cm³/mol. The van der Waals surface area contributed by atoms with Crippen molar-refractivity contribution < 1.29 is 0 Å². The van der Waals surface area contributed by atoms with Crippen molar-refractivity contribution in [2.45, 2.75) is 37.5 Å². The van der Waals surface area contributed by atoms with Gasteiger partial charge in [-0.1, -0.05) is 189 Å². The van der Waals surface area contributed by atoms with Gasteiger partial charge in [0, 0.05) is 42.6 Å². The fourth-order valence-corrected chi connectivity index (χ4v) is 13.2. The van der Waals surface area contributed by atoms with E-state index in [1.807, 2.05) is 11.3 Å². The second-order valence-corrected chi connectivity index (χ2v) is 19.2. The Morgan fingerprint density at radius 2 is 0.892 bits per heavy atom. The largest absolute Gasteiger partial charge is 0.311 e. The van der Waals surface area contributed by atoms with E-state index in [-0.39, 0.29) is 5.41 Å². The van der Waals surface area contributed by atoms with Crippen LogP contribution in [0.2, 0.25) is 0 Å². The van der Waals surface area contributed by atoms with Gasteiger partial charge in [0.2, 0.25) is 0 Å². The van der Waals surface area contributed by atoms with Crippen molar-refractivity contribution >= 4 is 70.1 Å². The topological polar surface area (TPSA) is 3.24 Å². The summed E-state index contributed by atoms with van der Waals surface area (Å²) >= 11 is 1.89. The van der Waals surface area contributed by atoms with Gasteiger partial charge in [0.05, 0.1) is 0 Å². The molecule has 65 heavy (non-hydrogen) atoms. The molecule has 0 N–H and O–H groups in total. The summed E-state index contributed by atoms with van der Waals surface area (Å²) in [4.78, 5) is 2.45. The molecule has 0 amide bonds. The molecule has 0 unspecified atom stereocenters. The quantitative estimate of drug-likeness (QED) is 0.144. The third-order valence-electron chi connectivity index (χ3n) is 14.8. The Hall–Kier alpha value is -7.26. The van der Waals surface area contributed by atoms with Crippen molar-refractivity contribution in [3.05, 3.63) is 235 Å². The lowest BCUT2D eigenvalue weighted by molar-refractivity contribution is 0.275. The van der Waals surface area contributed by atoms with Crippen molar-refractivity contribution in [3.8, 4) is 33.4 Å². The highest BCUT2D eigenvalue weighted by atomic mass is 32.1. The molecule has 2 aliphatic carbocycles. The first-order valence-corrected chi connectivity index (χ1v) is 24.2. The van der Waals surface area contributed by atoms with Crippen LogP contribution in [0.1, 0.15) is 48.8 Å². The minimum absolute atomic E-state index is 0.185. The Balaban J connectivity index is 0.954. The summed E-state index contributed by atoms with van der Waals surface area (Å²) in [5, 5.41) is 7.73. The summed E-state index contributed by atoms with van der Waals surface area (Å²) in [6.07, 6.45) is 6.41. The van der Waals surface area contributed by atoms with Crippen LogP contribution in [0.4, 0.5) is 17.1 Å². The molecule has 0 aliphatic heterocycles. The number of anilines is 3. The second kappa shape index (κ2) is 15.5. The fraction of sp³-hybridized carbons (Fsp3) is 0.111. The van der Waals surface area contributed by atoms with Crippen LogP contribution >= 0.6 is 11.3 Å². The first kappa shape index (κ1) is 38.2. The zero-order valence-electron chi connectivity index (χ0n) is 36.3. The van der Waals surface area contributed by atoms with Crippen molar-refractivity contribution in [3.63, 3.8) is 0 Å². The van der Waals surface area contributed by atoms with E-state index in [0.717, 1.165) is 17.1 Å². The van der Waals surface area contributed by atoms with Crippen LogP contribution in [0.15, 0.2) is 218 Å². The number of thiophene rings is 1. The molecule has 0 atom stereocenters. The molecule has 2 heteroatoms. The van der Waals surface area contributed by atoms with Crippen LogP contribution in [-0.4, -0.2) is 0 Å². The second-order valence-electron chi connectivity index (χ2n) is 18.2. The molecule has 10 aromatic carbocycles. The lowest BCUT2D eigenvalue weighted by Crippen LogP contribution is -2.37. The first-order valence-electron chi connectivity index (χ1n) is 23.4. The van der Waals surface area contributed by atoms with Crippen molar-refractivity contribution in [1.29, 1.82) is 0 Å². The van der Waals surface area contributed by atoms with Gasteiger partial charge < -0.3 is 4.90 Å². The van der Waals surface area contributed by atoms with Crippen molar-refractivity contribution in [2.24, 2.45) is 5.92 Å². The fourth-order valence-electron chi connectivity index (χ4n) is 12.0. The predicted octanol–water partition coefficient (Wildman–Crippen LogP) is 18.1. The highest BCUT2D eigenvalue weighted by Gasteiger charge is 2.49. The summed E-state index contributed by atoms with van der Waals surface area (Å²) in [6, 6.07) is 82.2. The van der Waals surface area contributed by atoms with Gasteiger partial charge >= 0.3 is 0 Å². The van der Waals surface area contributed by atoms with Gasteiger partial charge in [-0.25, -0.2) is 0 Å². The lowest BCUT2D eigenvalue weighted by atomic mass is 9.60. The Labute approximate surface area is 384 Å². The van der Waals surface area contributed by atoms with E-state index in [4.69, 9.17) is 0 Å². The Morgan fingerprint density at radius 3 is 1.52 bits per heavy atom. The van der Waals surface area contributed by atoms with Gasteiger partial charge in [0.15, 0.2) is 0 Å². The monoisotopic (exact) mass is 849 g/mol. The average Bonchev–Trinajstić information content (AvgIpc) is 3.91. The minimum atomic E-state index is -0.185. The number of hydrogen-bond acceptors (Lipinski definition) is 2. The van der Waals surface area contributed by atoms with Crippen LogP contribution in [0.3, 0.4) is 0 Å². The van der Waals surface area contributed by atoms with Crippen LogP contribution in [-0.2, 0) is 5.41 Å². The van der Waals surface area contributed by atoms with E-state index in [9.17, 15) is 0 Å². The molecule has 2 aliphatic rings. The molecule has 1 fully saturated rings. The lowest BCUT2D eigenvalue weighted by Gasteiger charge is -2.42. The molecule has 13 rings (SSSR count). The molecule has 1 nitrogen and oxygen atoms in total. The molecule has 1 saturated carbocycles. The average molecular weight is 850 g/mol. The van der Waals surface area contributed by atoms with Gasteiger partial charge in [0.25, 0.3) is 0 Å². The SMILES string of the molecule is c1ccc2c(c1)-c1ccccc1C2(c1ccc(N(c2ccc(-c3c4ccccc4cc4ccccc34)cc2)c2ccc(-c3cccc4c3sc3ccccc34)cc2)cc1)C1CCCCC1. The third-order valence-corrected chi connectivity index (χ3v) is 16.0. The number of fused-ring (bicyclic) bond motifs is 8. The van der Waals surface area contributed by atoms with E-state index < -0.39 is 0 Å².